The van der Waals surface area contributed by atoms with E-state index in [-0.39, 0.29) is 5.78 Å². The number of fused-ring (bicyclic) bond motifs is 1. The lowest BCUT2D eigenvalue weighted by atomic mass is 9.93. The zero-order valence-corrected chi connectivity index (χ0v) is 18.2. The molecule has 0 saturated heterocycles. The highest BCUT2D eigenvalue weighted by molar-refractivity contribution is 8.76. The predicted octanol–water partition coefficient (Wildman–Crippen LogP) is 3.82. The fourth-order valence-corrected chi connectivity index (χ4v) is 6.36. The number of ketones is 1. The first kappa shape index (κ1) is 20.6. The summed E-state index contributed by atoms with van der Waals surface area (Å²) in [5.74, 6) is 2.14. The van der Waals surface area contributed by atoms with Crippen LogP contribution in [0.3, 0.4) is 0 Å². The van der Waals surface area contributed by atoms with Crippen LogP contribution in [0.4, 0.5) is 5.69 Å². The largest absolute Gasteiger partial charge is 0.492 e. The number of hydrogen-bond acceptors (Lipinski definition) is 8. The van der Waals surface area contributed by atoms with Crippen LogP contribution < -0.4 is 14.4 Å². The first-order chi connectivity index (χ1) is 11.9. The summed E-state index contributed by atoms with van der Waals surface area (Å²) >= 11 is 1.55. The zero-order chi connectivity index (χ0) is 18.8. The molecule has 1 aromatic carbocycles. The van der Waals surface area contributed by atoms with Gasteiger partial charge in [0.05, 0.1) is 24.8 Å². The third-order valence-corrected chi connectivity index (χ3v) is 7.40. The van der Waals surface area contributed by atoms with Gasteiger partial charge in [0, 0.05) is 32.5 Å². The average molecular weight is 404 g/mol. The van der Waals surface area contributed by atoms with Crippen LogP contribution in [0.2, 0.25) is 0 Å². The fourth-order valence-electron chi connectivity index (χ4n) is 3.27. The van der Waals surface area contributed by atoms with Crippen LogP contribution in [0, 0.1) is 0 Å². The van der Waals surface area contributed by atoms with Gasteiger partial charge in [-0.1, -0.05) is 21.6 Å². The second-order valence-corrected chi connectivity index (χ2v) is 9.40. The van der Waals surface area contributed by atoms with Gasteiger partial charge in [-0.25, -0.2) is 0 Å². The van der Waals surface area contributed by atoms with Crippen molar-refractivity contribution in [1.29, 1.82) is 0 Å². The molecule has 0 aliphatic carbocycles. The van der Waals surface area contributed by atoms with E-state index in [2.05, 4.69) is 0 Å². The van der Waals surface area contributed by atoms with Crippen molar-refractivity contribution in [2.24, 2.45) is 0 Å². The predicted molar refractivity (Wildman–Crippen MR) is 109 cm³/mol. The first-order valence-electron chi connectivity index (χ1n) is 7.78. The number of nitrogens with zero attached hydrogens (tertiary/aromatic N) is 1. The number of benzene rings is 1. The van der Waals surface area contributed by atoms with E-state index in [9.17, 15) is 4.79 Å². The summed E-state index contributed by atoms with van der Waals surface area (Å²) in [5, 5.41) is 0. The molecule has 1 aliphatic rings. The Morgan fingerprint density at radius 1 is 1.20 bits per heavy atom. The lowest BCUT2D eigenvalue weighted by Gasteiger charge is -2.39. The lowest BCUT2D eigenvalue weighted by molar-refractivity contribution is -0.130. The molecule has 0 bridgehead atoms. The van der Waals surface area contributed by atoms with Gasteiger partial charge in [0.25, 0.3) is 0 Å². The summed E-state index contributed by atoms with van der Waals surface area (Å²) in [6.45, 7) is 1.59. The minimum Gasteiger partial charge on any atom is -0.492 e. The Labute approximate surface area is 161 Å². The third-order valence-electron chi connectivity index (χ3n) is 4.20. The molecule has 140 valence electrons. The summed E-state index contributed by atoms with van der Waals surface area (Å²) in [6, 6.07) is 0. The van der Waals surface area contributed by atoms with E-state index in [1.54, 1.807) is 61.6 Å². The zero-order valence-electron chi connectivity index (χ0n) is 15.7. The SMILES string of the molecule is COc1c(OC)c(N(C)C)c2c(c1SSC)[C@](OC)(C(C)=O)SCC2. The van der Waals surface area contributed by atoms with Crippen LogP contribution in [0.5, 0.6) is 11.5 Å². The number of carbonyl (C=O) groups is 1. The molecule has 0 saturated carbocycles. The monoisotopic (exact) mass is 403 g/mol. The second-order valence-electron chi connectivity index (χ2n) is 5.72. The quantitative estimate of drug-likeness (QED) is 0.637. The molecule has 1 heterocycles. The van der Waals surface area contributed by atoms with Gasteiger partial charge >= 0.3 is 0 Å². The number of carbonyl (C=O) groups excluding carboxylic acids is 1. The summed E-state index contributed by atoms with van der Waals surface area (Å²) < 4.78 is 17.3. The van der Waals surface area contributed by atoms with E-state index in [4.69, 9.17) is 14.2 Å². The topological polar surface area (TPSA) is 48.0 Å². The second kappa shape index (κ2) is 8.33. The summed E-state index contributed by atoms with van der Waals surface area (Å²) in [7, 11) is 12.0. The molecular weight excluding hydrogens is 378 g/mol. The average Bonchev–Trinajstić information content (AvgIpc) is 2.59. The summed E-state index contributed by atoms with van der Waals surface area (Å²) in [6.07, 6.45) is 2.84. The molecular formula is C17H25NO4S3. The lowest BCUT2D eigenvalue weighted by Crippen LogP contribution is -2.38. The van der Waals surface area contributed by atoms with Crippen molar-refractivity contribution in [3.63, 3.8) is 0 Å². The van der Waals surface area contributed by atoms with Gasteiger partial charge in [-0.3, -0.25) is 4.79 Å². The Balaban J connectivity index is 3.00. The normalized spacial score (nSPS) is 19.3. The van der Waals surface area contributed by atoms with E-state index < -0.39 is 4.93 Å². The minimum atomic E-state index is -1.02. The molecule has 2 rings (SSSR count). The van der Waals surface area contributed by atoms with Crippen LogP contribution >= 0.6 is 33.3 Å². The molecule has 25 heavy (non-hydrogen) atoms. The number of methoxy groups -OCH3 is 3. The van der Waals surface area contributed by atoms with Crippen LogP contribution in [0.25, 0.3) is 0 Å². The molecule has 0 fully saturated rings. The van der Waals surface area contributed by atoms with Crippen LogP contribution in [0.1, 0.15) is 18.1 Å². The highest BCUT2D eigenvalue weighted by atomic mass is 33.1. The van der Waals surface area contributed by atoms with E-state index in [0.29, 0.717) is 11.5 Å². The van der Waals surface area contributed by atoms with Gasteiger partial charge in [0.15, 0.2) is 22.2 Å². The van der Waals surface area contributed by atoms with E-state index in [0.717, 1.165) is 33.9 Å². The van der Waals surface area contributed by atoms with Crippen molar-refractivity contribution >= 4 is 44.8 Å². The Kier molecular flexibility index (Phi) is 6.87. The van der Waals surface area contributed by atoms with Crippen LogP contribution in [0.15, 0.2) is 4.90 Å². The van der Waals surface area contributed by atoms with E-state index >= 15 is 0 Å². The number of rotatable bonds is 7. The number of hydrogen-bond donors (Lipinski definition) is 0. The third kappa shape index (κ3) is 3.34. The van der Waals surface area contributed by atoms with E-state index in [1.807, 2.05) is 25.3 Å². The Morgan fingerprint density at radius 2 is 1.84 bits per heavy atom. The molecule has 0 spiro atoms. The number of thioether (sulfide) groups is 1. The van der Waals surface area contributed by atoms with Crippen molar-refractivity contribution in [3.05, 3.63) is 11.1 Å². The van der Waals surface area contributed by atoms with E-state index in [1.165, 1.54) is 0 Å². The van der Waals surface area contributed by atoms with Gasteiger partial charge in [-0.15, -0.1) is 11.8 Å². The maximum Gasteiger partial charge on any atom is 0.198 e. The van der Waals surface area contributed by atoms with Gasteiger partial charge in [0.2, 0.25) is 0 Å². The smallest absolute Gasteiger partial charge is 0.198 e. The highest BCUT2D eigenvalue weighted by Crippen LogP contribution is 2.58. The van der Waals surface area contributed by atoms with Crippen molar-refractivity contribution in [2.45, 2.75) is 23.2 Å². The number of ether oxygens (including phenoxy) is 3. The standard InChI is InChI=1S/C17H25NO4S3/c1-10(19)17(22-6)12-11(8-9-24-17)13(18(2)3)14(20-4)15(21-5)16(12)25-23-7/h8-9H2,1-7H3/t17-/m0/s1. The molecule has 0 amide bonds. The van der Waals surface area contributed by atoms with Crippen molar-refractivity contribution in [3.8, 4) is 11.5 Å². The highest BCUT2D eigenvalue weighted by Gasteiger charge is 2.47. The number of anilines is 1. The summed E-state index contributed by atoms with van der Waals surface area (Å²) in [4.78, 5) is 14.6. The molecule has 5 nitrogen and oxygen atoms in total. The van der Waals surface area contributed by atoms with Gasteiger partial charge in [-0.05, 0) is 25.2 Å². The first-order valence-corrected chi connectivity index (χ1v) is 11.3. The molecule has 1 atom stereocenters. The maximum atomic E-state index is 12.7. The summed E-state index contributed by atoms with van der Waals surface area (Å²) in [5.41, 5.74) is 2.94. The molecule has 0 radical (unpaired) electrons. The fraction of sp³-hybridized carbons (Fsp3) is 0.588. The van der Waals surface area contributed by atoms with Gasteiger partial charge < -0.3 is 19.1 Å². The van der Waals surface area contributed by atoms with Crippen molar-refractivity contribution in [2.75, 3.05) is 52.3 Å². The Bertz CT molecular complexity index is 666. The van der Waals surface area contributed by atoms with Crippen LogP contribution in [-0.2, 0) is 20.9 Å². The Hall–Kier alpha value is -0.700. The molecule has 0 unspecified atom stereocenters. The molecule has 0 N–H and O–H groups in total. The molecule has 1 aromatic rings. The van der Waals surface area contributed by atoms with Crippen LogP contribution in [-0.4, -0.2) is 53.2 Å². The molecule has 8 heteroatoms. The number of Topliss-reactive ketones (excluding diaryl/α,β-unsaturated/α-hetero) is 1. The van der Waals surface area contributed by atoms with Crippen molar-refractivity contribution in [1.82, 2.24) is 0 Å². The molecule has 0 aromatic heterocycles. The van der Waals surface area contributed by atoms with Crippen molar-refractivity contribution < 1.29 is 19.0 Å². The minimum absolute atomic E-state index is 0.0131. The van der Waals surface area contributed by atoms with Gasteiger partial charge in [-0.2, -0.15) is 0 Å². The maximum absolute atomic E-state index is 12.7. The molecule has 1 aliphatic heterocycles. The van der Waals surface area contributed by atoms with Gasteiger partial charge in [0.1, 0.15) is 0 Å². The Morgan fingerprint density at radius 3 is 2.28 bits per heavy atom.